The van der Waals surface area contributed by atoms with E-state index in [1.54, 1.807) is 12.1 Å². The summed E-state index contributed by atoms with van der Waals surface area (Å²) in [5.74, 6) is -0.313. The summed E-state index contributed by atoms with van der Waals surface area (Å²) in [6, 6.07) is 15.8. The number of hydrogen-bond donors (Lipinski definition) is 0. The maximum Gasteiger partial charge on any atom is 0.264 e. The predicted molar refractivity (Wildman–Crippen MR) is 93.8 cm³/mol. The highest BCUT2D eigenvalue weighted by molar-refractivity contribution is 7.86. The predicted octanol–water partition coefficient (Wildman–Crippen LogP) is 3.72. The molecule has 0 amide bonds. The molecule has 0 aliphatic carbocycles. The van der Waals surface area contributed by atoms with Crippen molar-refractivity contribution in [2.75, 3.05) is 12.9 Å². The molecule has 3 rings (SSSR count). The third-order valence-electron chi connectivity index (χ3n) is 3.88. The Morgan fingerprint density at radius 2 is 1.80 bits per heavy atom. The van der Waals surface area contributed by atoms with E-state index < -0.39 is 16.2 Å². The van der Waals surface area contributed by atoms with E-state index in [0.29, 0.717) is 6.42 Å². The molecule has 2 aromatic rings. The zero-order valence-electron chi connectivity index (χ0n) is 13.8. The molecule has 132 valence electrons. The summed E-state index contributed by atoms with van der Waals surface area (Å²) in [4.78, 5) is 0. The topological polar surface area (TPSA) is 52.6 Å². The molecule has 2 aromatic carbocycles. The average Bonchev–Trinajstić information content (AvgIpc) is 2.56. The van der Waals surface area contributed by atoms with Crippen LogP contribution in [0, 0.1) is 5.82 Å². The van der Waals surface area contributed by atoms with Gasteiger partial charge in [0.05, 0.1) is 12.9 Å². The van der Waals surface area contributed by atoms with Crippen LogP contribution in [0.1, 0.15) is 23.7 Å². The molecule has 0 bridgehead atoms. The molecule has 1 aliphatic heterocycles. The van der Waals surface area contributed by atoms with Gasteiger partial charge in [-0.15, -0.1) is 0 Å². The number of ether oxygens (including phenoxy) is 1. The number of halogens is 1. The van der Waals surface area contributed by atoms with E-state index in [-0.39, 0.29) is 18.5 Å². The molecule has 1 aliphatic rings. The molecule has 1 saturated heterocycles. The Hall–Kier alpha value is -2.02. The van der Waals surface area contributed by atoms with E-state index >= 15 is 0 Å². The zero-order chi connectivity index (χ0) is 17.9. The lowest BCUT2D eigenvalue weighted by Crippen LogP contribution is -2.31. The second-order valence-electron chi connectivity index (χ2n) is 6.02. The quantitative estimate of drug-likeness (QED) is 0.778. The minimum absolute atomic E-state index is 0.154. The molecule has 1 heterocycles. The van der Waals surface area contributed by atoms with E-state index in [1.165, 1.54) is 12.1 Å². The van der Waals surface area contributed by atoms with Crippen LogP contribution in [0.3, 0.4) is 0 Å². The van der Waals surface area contributed by atoms with Crippen LogP contribution < -0.4 is 0 Å². The van der Waals surface area contributed by atoms with Gasteiger partial charge in [-0.25, -0.2) is 4.39 Å². The Bertz CT molecular complexity index is 845. The Morgan fingerprint density at radius 1 is 1.12 bits per heavy atom. The maximum atomic E-state index is 13.2. The summed E-state index contributed by atoms with van der Waals surface area (Å²) in [7, 11) is -3.56. The number of rotatable bonds is 4. The van der Waals surface area contributed by atoms with Gasteiger partial charge in [-0.3, -0.25) is 4.18 Å². The third kappa shape index (κ3) is 4.98. The Morgan fingerprint density at radius 3 is 2.44 bits per heavy atom. The van der Waals surface area contributed by atoms with Crippen LogP contribution in [-0.2, 0) is 19.0 Å². The molecule has 0 unspecified atom stereocenters. The van der Waals surface area contributed by atoms with E-state index in [1.807, 2.05) is 36.4 Å². The Kier molecular flexibility index (Phi) is 5.32. The summed E-state index contributed by atoms with van der Waals surface area (Å²) in [6.07, 6.45) is 2.48. The molecule has 4 nitrogen and oxygen atoms in total. The van der Waals surface area contributed by atoms with Crippen molar-refractivity contribution in [3.63, 3.8) is 0 Å². The fourth-order valence-corrected chi connectivity index (χ4v) is 3.51. The maximum absolute atomic E-state index is 13.2. The molecule has 0 N–H and O–H groups in total. The summed E-state index contributed by atoms with van der Waals surface area (Å²) in [5.41, 5.74) is 2.69. The van der Waals surface area contributed by atoms with Gasteiger partial charge in [0.25, 0.3) is 10.1 Å². The standard InChI is InChI=1S/C19H19FO4S/c1-25(21,22)24-18-12-16(11-14-5-3-2-4-6-14)19(23-13-18)15-7-9-17(20)10-8-15/h2-11,18-19H,12-13H2,1H3/b16-11-/t18-,19+/m0/s1. The Balaban J connectivity index is 1.91. The molecule has 0 spiro atoms. The van der Waals surface area contributed by atoms with Gasteiger partial charge < -0.3 is 4.74 Å². The average molecular weight is 362 g/mol. The lowest BCUT2D eigenvalue weighted by Gasteiger charge is -2.31. The van der Waals surface area contributed by atoms with Crippen molar-refractivity contribution >= 4 is 16.2 Å². The fourth-order valence-electron chi connectivity index (χ4n) is 2.89. The second kappa shape index (κ2) is 7.47. The molecule has 25 heavy (non-hydrogen) atoms. The first-order valence-corrected chi connectivity index (χ1v) is 9.73. The van der Waals surface area contributed by atoms with E-state index in [0.717, 1.165) is 23.0 Å². The molecule has 0 saturated carbocycles. The first-order valence-electron chi connectivity index (χ1n) is 7.91. The van der Waals surface area contributed by atoms with Gasteiger partial charge in [0.2, 0.25) is 0 Å². The van der Waals surface area contributed by atoms with Crippen LogP contribution in [0.4, 0.5) is 4.39 Å². The van der Waals surface area contributed by atoms with Crippen LogP contribution in [-0.4, -0.2) is 27.4 Å². The van der Waals surface area contributed by atoms with Crippen molar-refractivity contribution in [3.05, 3.63) is 77.1 Å². The lowest BCUT2D eigenvalue weighted by molar-refractivity contribution is -0.0116. The van der Waals surface area contributed by atoms with Gasteiger partial charge in [0, 0.05) is 6.42 Å². The molecular weight excluding hydrogens is 343 g/mol. The summed E-state index contributed by atoms with van der Waals surface area (Å²) >= 11 is 0. The van der Waals surface area contributed by atoms with Crippen molar-refractivity contribution in [1.29, 1.82) is 0 Å². The number of hydrogen-bond acceptors (Lipinski definition) is 4. The van der Waals surface area contributed by atoms with Gasteiger partial charge in [-0.05, 0) is 28.8 Å². The molecule has 0 aromatic heterocycles. The first kappa shape index (κ1) is 17.8. The molecule has 1 fully saturated rings. The second-order valence-corrected chi connectivity index (χ2v) is 7.62. The molecule has 0 radical (unpaired) electrons. The minimum Gasteiger partial charge on any atom is -0.366 e. The van der Waals surface area contributed by atoms with Gasteiger partial charge >= 0.3 is 0 Å². The fraction of sp³-hybridized carbons (Fsp3) is 0.263. The minimum atomic E-state index is -3.56. The summed E-state index contributed by atoms with van der Waals surface area (Å²) in [5, 5.41) is 0. The van der Waals surface area contributed by atoms with Gasteiger partial charge in [-0.1, -0.05) is 48.5 Å². The third-order valence-corrected chi connectivity index (χ3v) is 4.51. The van der Waals surface area contributed by atoms with E-state index in [2.05, 4.69) is 0 Å². The normalized spacial score (nSPS) is 22.9. The molecular formula is C19H19FO4S. The van der Waals surface area contributed by atoms with Crippen LogP contribution in [0.2, 0.25) is 0 Å². The van der Waals surface area contributed by atoms with Crippen LogP contribution >= 0.6 is 0 Å². The molecule has 2 atom stereocenters. The highest BCUT2D eigenvalue weighted by Gasteiger charge is 2.30. The van der Waals surface area contributed by atoms with Crippen molar-refractivity contribution in [3.8, 4) is 0 Å². The van der Waals surface area contributed by atoms with Crippen molar-refractivity contribution < 1.29 is 21.7 Å². The van der Waals surface area contributed by atoms with Crippen molar-refractivity contribution in [1.82, 2.24) is 0 Å². The molecule has 6 heteroatoms. The van der Waals surface area contributed by atoms with Crippen LogP contribution in [0.25, 0.3) is 6.08 Å². The van der Waals surface area contributed by atoms with Gasteiger partial charge in [0.1, 0.15) is 18.0 Å². The monoisotopic (exact) mass is 362 g/mol. The van der Waals surface area contributed by atoms with Gasteiger partial charge in [0.15, 0.2) is 0 Å². The van der Waals surface area contributed by atoms with Crippen LogP contribution in [0.5, 0.6) is 0 Å². The summed E-state index contributed by atoms with van der Waals surface area (Å²) in [6.45, 7) is 0.154. The highest BCUT2D eigenvalue weighted by Crippen LogP contribution is 2.35. The largest absolute Gasteiger partial charge is 0.366 e. The smallest absolute Gasteiger partial charge is 0.264 e. The summed E-state index contributed by atoms with van der Waals surface area (Å²) < 4.78 is 47.0. The zero-order valence-corrected chi connectivity index (χ0v) is 14.6. The van der Waals surface area contributed by atoms with Crippen molar-refractivity contribution in [2.24, 2.45) is 0 Å². The lowest BCUT2D eigenvalue weighted by atomic mass is 9.92. The Labute approximate surface area is 147 Å². The SMILES string of the molecule is CS(=O)(=O)O[C@@H]1CO[C@H](c2ccc(F)cc2)/C(=C\c2ccccc2)C1. The van der Waals surface area contributed by atoms with Crippen molar-refractivity contribution in [2.45, 2.75) is 18.6 Å². The highest BCUT2D eigenvalue weighted by atomic mass is 32.2. The van der Waals surface area contributed by atoms with E-state index in [9.17, 15) is 12.8 Å². The van der Waals surface area contributed by atoms with E-state index in [4.69, 9.17) is 8.92 Å². The van der Waals surface area contributed by atoms with Gasteiger partial charge in [-0.2, -0.15) is 8.42 Å². The number of benzene rings is 2. The first-order chi connectivity index (χ1) is 11.9. The van der Waals surface area contributed by atoms with Crippen LogP contribution in [0.15, 0.2) is 60.2 Å².